The Morgan fingerprint density at radius 2 is 1.72 bits per heavy atom. The van der Waals surface area contributed by atoms with E-state index in [-0.39, 0.29) is 24.4 Å². The van der Waals surface area contributed by atoms with E-state index in [0.29, 0.717) is 13.2 Å². The Bertz CT molecular complexity index is 750. The SMILES string of the molecule is Cl.O=C(NCC1NCCc2ccccc21)C1OCCc2ccccc21. The van der Waals surface area contributed by atoms with E-state index >= 15 is 0 Å². The van der Waals surface area contributed by atoms with Gasteiger partial charge < -0.3 is 15.4 Å². The number of fused-ring (bicyclic) bond motifs is 2. The van der Waals surface area contributed by atoms with E-state index in [4.69, 9.17) is 4.74 Å². The third-order valence-corrected chi connectivity index (χ3v) is 4.93. The summed E-state index contributed by atoms with van der Waals surface area (Å²) in [6.45, 7) is 2.12. The van der Waals surface area contributed by atoms with Crippen LogP contribution in [0.2, 0.25) is 0 Å². The Kier molecular flexibility index (Phi) is 5.74. The fraction of sp³-hybridized carbons (Fsp3) is 0.350. The van der Waals surface area contributed by atoms with E-state index in [0.717, 1.165) is 24.9 Å². The van der Waals surface area contributed by atoms with E-state index in [1.54, 1.807) is 0 Å². The molecule has 0 fully saturated rings. The Morgan fingerprint density at radius 1 is 1.04 bits per heavy atom. The molecule has 0 saturated carbocycles. The van der Waals surface area contributed by atoms with E-state index < -0.39 is 6.10 Å². The summed E-state index contributed by atoms with van der Waals surface area (Å²) in [6, 6.07) is 16.7. The van der Waals surface area contributed by atoms with Crippen molar-refractivity contribution < 1.29 is 9.53 Å². The lowest BCUT2D eigenvalue weighted by Gasteiger charge is -2.29. The van der Waals surface area contributed by atoms with Crippen molar-refractivity contribution in [3.63, 3.8) is 0 Å². The van der Waals surface area contributed by atoms with E-state index in [1.165, 1.54) is 16.7 Å². The van der Waals surface area contributed by atoms with Gasteiger partial charge in [0.2, 0.25) is 0 Å². The van der Waals surface area contributed by atoms with Gasteiger partial charge in [0, 0.05) is 12.6 Å². The molecule has 2 unspecified atom stereocenters. The van der Waals surface area contributed by atoms with Crippen molar-refractivity contribution >= 4 is 18.3 Å². The van der Waals surface area contributed by atoms with Gasteiger partial charge in [-0.05, 0) is 41.6 Å². The van der Waals surface area contributed by atoms with E-state index in [1.807, 2.05) is 18.2 Å². The number of carbonyl (C=O) groups excluding carboxylic acids is 1. The van der Waals surface area contributed by atoms with Crippen LogP contribution in [0.15, 0.2) is 48.5 Å². The second-order valence-electron chi connectivity index (χ2n) is 6.40. The molecular weight excluding hydrogens is 336 g/mol. The number of halogens is 1. The number of hydrogen-bond donors (Lipinski definition) is 2. The van der Waals surface area contributed by atoms with Crippen molar-refractivity contribution in [2.45, 2.75) is 25.0 Å². The molecule has 2 atom stereocenters. The van der Waals surface area contributed by atoms with Gasteiger partial charge in [-0.2, -0.15) is 0 Å². The summed E-state index contributed by atoms with van der Waals surface area (Å²) in [5, 5.41) is 6.57. The molecular formula is C20H23ClN2O2. The first-order chi connectivity index (χ1) is 11.8. The zero-order chi connectivity index (χ0) is 16.4. The molecule has 2 heterocycles. The topological polar surface area (TPSA) is 50.4 Å². The third-order valence-electron chi connectivity index (χ3n) is 4.93. The van der Waals surface area contributed by atoms with E-state index in [2.05, 4.69) is 41.0 Å². The van der Waals surface area contributed by atoms with Crippen LogP contribution in [0.4, 0.5) is 0 Å². The quantitative estimate of drug-likeness (QED) is 0.887. The Morgan fingerprint density at radius 3 is 2.52 bits per heavy atom. The molecule has 0 aliphatic carbocycles. The highest BCUT2D eigenvalue weighted by Gasteiger charge is 2.28. The van der Waals surface area contributed by atoms with Crippen LogP contribution in [0, 0.1) is 0 Å². The minimum Gasteiger partial charge on any atom is -0.363 e. The summed E-state index contributed by atoms with van der Waals surface area (Å²) < 4.78 is 5.74. The summed E-state index contributed by atoms with van der Waals surface area (Å²) in [5.74, 6) is -0.0491. The van der Waals surface area contributed by atoms with Gasteiger partial charge in [0.1, 0.15) is 0 Å². The van der Waals surface area contributed by atoms with Gasteiger partial charge in [0.05, 0.1) is 6.61 Å². The lowest BCUT2D eigenvalue weighted by Crippen LogP contribution is -2.41. The van der Waals surface area contributed by atoms with Gasteiger partial charge in [-0.1, -0.05) is 48.5 Å². The Balaban J connectivity index is 0.00000182. The normalized spacial score (nSPS) is 21.4. The zero-order valence-electron chi connectivity index (χ0n) is 14.0. The number of ether oxygens (including phenoxy) is 1. The van der Waals surface area contributed by atoms with Crippen molar-refractivity contribution in [3.05, 3.63) is 70.8 Å². The van der Waals surface area contributed by atoms with Crippen LogP contribution in [0.25, 0.3) is 0 Å². The largest absolute Gasteiger partial charge is 0.363 e. The van der Waals surface area contributed by atoms with Crippen molar-refractivity contribution in [1.29, 1.82) is 0 Å². The first-order valence-electron chi connectivity index (χ1n) is 8.61. The minimum atomic E-state index is -0.492. The predicted octanol–water partition coefficient (Wildman–Crippen LogP) is 2.73. The molecule has 2 aliphatic heterocycles. The molecule has 4 nitrogen and oxygen atoms in total. The highest BCUT2D eigenvalue weighted by atomic mass is 35.5. The summed E-state index contributed by atoms with van der Waals surface area (Å²) in [6.07, 6.45) is 1.42. The monoisotopic (exact) mass is 358 g/mol. The summed E-state index contributed by atoms with van der Waals surface area (Å²) in [4.78, 5) is 12.7. The van der Waals surface area contributed by atoms with Gasteiger partial charge in [0.15, 0.2) is 6.10 Å². The first kappa shape index (κ1) is 17.9. The number of benzene rings is 2. The van der Waals surface area contributed by atoms with Crippen LogP contribution >= 0.6 is 12.4 Å². The number of nitrogens with one attached hydrogen (secondary N) is 2. The lowest BCUT2D eigenvalue weighted by molar-refractivity contribution is -0.134. The average Bonchev–Trinajstić information content (AvgIpc) is 2.65. The molecule has 25 heavy (non-hydrogen) atoms. The molecule has 2 aromatic rings. The lowest BCUT2D eigenvalue weighted by atomic mass is 9.94. The maximum absolute atomic E-state index is 12.7. The number of amides is 1. The van der Waals surface area contributed by atoms with Crippen LogP contribution in [0.5, 0.6) is 0 Å². The van der Waals surface area contributed by atoms with Crippen LogP contribution in [-0.2, 0) is 22.4 Å². The van der Waals surface area contributed by atoms with Gasteiger partial charge in [-0.15, -0.1) is 12.4 Å². The predicted molar refractivity (Wildman–Crippen MR) is 100.0 cm³/mol. The number of carbonyl (C=O) groups is 1. The Labute approximate surface area is 154 Å². The standard InChI is InChI=1S/C20H22N2O2.ClH/c23-20(19-17-8-4-2-6-15(17)10-12-24-19)22-13-18-16-7-3-1-5-14(16)9-11-21-18;/h1-8,18-19,21H,9-13H2,(H,22,23);1H. The molecule has 0 radical (unpaired) electrons. The van der Waals surface area contributed by atoms with Crippen LogP contribution in [0.1, 0.15) is 34.4 Å². The van der Waals surface area contributed by atoms with Crippen LogP contribution < -0.4 is 10.6 Å². The molecule has 0 saturated heterocycles. The molecule has 4 rings (SSSR count). The molecule has 2 aliphatic rings. The highest BCUT2D eigenvalue weighted by Crippen LogP contribution is 2.27. The molecule has 2 aromatic carbocycles. The van der Waals surface area contributed by atoms with Crippen molar-refractivity contribution in [2.24, 2.45) is 0 Å². The van der Waals surface area contributed by atoms with Crippen molar-refractivity contribution in [1.82, 2.24) is 10.6 Å². The van der Waals surface area contributed by atoms with Gasteiger partial charge in [-0.3, -0.25) is 4.79 Å². The molecule has 0 bridgehead atoms. The molecule has 2 N–H and O–H groups in total. The molecule has 1 amide bonds. The average molecular weight is 359 g/mol. The fourth-order valence-electron chi connectivity index (χ4n) is 3.68. The maximum atomic E-state index is 12.7. The van der Waals surface area contributed by atoms with Crippen molar-refractivity contribution in [2.75, 3.05) is 19.7 Å². The molecule has 5 heteroatoms. The van der Waals surface area contributed by atoms with Gasteiger partial charge in [-0.25, -0.2) is 0 Å². The molecule has 132 valence electrons. The van der Waals surface area contributed by atoms with Crippen molar-refractivity contribution in [3.8, 4) is 0 Å². The highest BCUT2D eigenvalue weighted by molar-refractivity contribution is 5.85. The van der Waals surface area contributed by atoms with Gasteiger partial charge >= 0.3 is 0 Å². The number of hydrogen-bond acceptors (Lipinski definition) is 3. The van der Waals surface area contributed by atoms with Crippen LogP contribution in [-0.4, -0.2) is 25.6 Å². The second kappa shape index (κ2) is 8.00. The fourth-order valence-corrected chi connectivity index (χ4v) is 3.68. The minimum absolute atomic E-state index is 0. The molecule has 0 spiro atoms. The second-order valence-corrected chi connectivity index (χ2v) is 6.40. The molecule has 0 aromatic heterocycles. The third kappa shape index (κ3) is 3.71. The summed E-state index contributed by atoms with van der Waals surface area (Å²) in [7, 11) is 0. The number of rotatable bonds is 3. The maximum Gasteiger partial charge on any atom is 0.253 e. The zero-order valence-corrected chi connectivity index (χ0v) is 14.9. The van der Waals surface area contributed by atoms with Crippen LogP contribution in [0.3, 0.4) is 0 Å². The smallest absolute Gasteiger partial charge is 0.253 e. The summed E-state index contributed by atoms with van der Waals surface area (Å²) >= 11 is 0. The van der Waals surface area contributed by atoms with E-state index in [9.17, 15) is 4.79 Å². The summed E-state index contributed by atoms with van der Waals surface area (Å²) in [5.41, 5.74) is 4.87. The Hall–Kier alpha value is -1.88. The van der Waals surface area contributed by atoms with Gasteiger partial charge in [0.25, 0.3) is 5.91 Å². The first-order valence-corrected chi connectivity index (χ1v) is 8.61.